The van der Waals surface area contributed by atoms with Crippen LogP contribution in [0, 0.1) is 104 Å². The molecule has 0 amide bonds. The Morgan fingerprint density at radius 3 is 0.521 bits per heavy atom. The molecule has 16 aliphatic rings. The van der Waals surface area contributed by atoms with Gasteiger partial charge in [-0.3, -0.25) is 29.4 Å². The lowest BCUT2D eigenvalue weighted by atomic mass is 9.50. The zero-order chi connectivity index (χ0) is 71.4. The molecule has 0 spiro atoms. The van der Waals surface area contributed by atoms with Crippen LogP contribution in [0.15, 0.2) is 0 Å². The van der Waals surface area contributed by atoms with Crippen molar-refractivity contribution in [3.8, 4) is 0 Å². The van der Waals surface area contributed by atoms with Crippen LogP contribution in [0.5, 0.6) is 0 Å². The molecule has 9 saturated heterocycles. The van der Waals surface area contributed by atoms with E-state index < -0.39 is 0 Å². The lowest BCUT2D eigenvalue weighted by molar-refractivity contribution is -0.0946. The fourth-order valence-corrected chi connectivity index (χ4v) is 23.7. The van der Waals surface area contributed by atoms with Gasteiger partial charge in [0.15, 0.2) is 0 Å². The van der Waals surface area contributed by atoms with Gasteiger partial charge in [-0.1, -0.05) is 125 Å². The Kier molecular flexibility index (Phi) is 24.5. The van der Waals surface area contributed by atoms with Crippen LogP contribution in [0.3, 0.4) is 0 Å². The van der Waals surface area contributed by atoms with Crippen molar-refractivity contribution in [2.24, 2.45) is 104 Å². The molecule has 0 N–H and O–H groups in total. The molecule has 7 aliphatic carbocycles. The molecule has 0 aromatic carbocycles. The standard InChI is InChI=1S/C16H30.2C15H29N.C14H28N2.2C14H27N/c1-15(2,3)13-9-12-8-7-11(13)10-14(12)16(4,5)6;2*1-14(2,3)13-9-12-8-7-11(13)10-16(12)15(4,5)6;1-13(2,3)15-9-12-8-7-11(15)10-16(12)14(4,5)6;2*1-13(2,3)12-8-11-7-10(12)9-15(11)14(4,5)6/h11-14H,7-10H2,1-6H3;2*11-13H,7-10H2,1-6H3;11-12H,7-10H2,1-6H3;2*10-12H,7-9H2,1-6H3. The first kappa shape index (κ1) is 81.1. The van der Waals surface area contributed by atoms with Crippen LogP contribution < -0.4 is 0 Å². The van der Waals surface area contributed by atoms with Gasteiger partial charge in [-0.25, -0.2) is 0 Å². The van der Waals surface area contributed by atoms with E-state index in [0.717, 1.165) is 107 Å². The fraction of sp³-hybridized carbons (Fsp3) is 1.00. The van der Waals surface area contributed by atoms with Crippen LogP contribution in [0.1, 0.15) is 352 Å². The molecule has 7 saturated carbocycles. The lowest BCUT2D eigenvalue weighted by Gasteiger charge is -2.59. The molecule has 16 fully saturated rings. The first-order valence-corrected chi connectivity index (χ1v) is 40.8. The first-order chi connectivity index (χ1) is 42.2. The van der Waals surface area contributed by atoms with E-state index >= 15 is 0 Å². The second-order valence-electron chi connectivity index (χ2n) is 47.5. The zero-order valence-electron chi connectivity index (χ0n) is 70.6. The minimum atomic E-state index is 0.341. The number of hydrogen-bond acceptors (Lipinski definition) is 6. The van der Waals surface area contributed by atoms with E-state index in [0.29, 0.717) is 65.7 Å². The summed E-state index contributed by atoms with van der Waals surface area (Å²) in [5.74, 6) is 11.7. The zero-order valence-corrected chi connectivity index (χ0v) is 70.6. The van der Waals surface area contributed by atoms with Crippen LogP contribution in [-0.2, 0) is 0 Å². The first-order valence-electron chi connectivity index (χ1n) is 40.8. The molecule has 9 aliphatic heterocycles. The summed E-state index contributed by atoms with van der Waals surface area (Å²) in [6.07, 6.45) is 23.3. The maximum absolute atomic E-state index is 2.77. The summed E-state index contributed by atoms with van der Waals surface area (Å²) < 4.78 is 0. The van der Waals surface area contributed by atoms with E-state index in [1.807, 2.05) is 0 Å². The summed E-state index contributed by atoms with van der Waals surface area (Å²) in [4.78, 5) is 16.5. The highest BCUT2D eigenvalue weighted by Gasteiger charge is 2.55. The highest BCUT2D eigenvalue weighted by Crippen LogP contribution is 2.59. The van der Waals surface area contributed by atoms with Crippen LogP contribution in [-0.4, -0.2) is 138 Å². The maximum Gasteiger partial charge on any atom is 0.0229 e. The molecular formula is C88H170N6. The van der Waals surface area contributed by atoms with E-state index in [4.69, 9.17) is 0 Å². The van der Waals surface area contributed by atoms with Crippen LogP contribution in [0.4, 0.5) is 0 Å². The lowest BCUT2D eigenvalue weighted by Crippen LogP contribution is -2.69. The van der Waals surface area contributed by atoms with Crippen LogP contribution in [0.25, 0.3) is 0 Å². The fourth-order valence-electron chi connectivity index (χ4n) is 23.7. The molecule has 6 heteroatoms. The number of fused-ring (bicyclic) bond motifs is 16. The Labute approximate surface area is 590 Å². The van der Waals surface area contributed by atoms with Crippen molar-refractivity contribution in [1.29, 1.82) is 0 Å². The topological polar surface area (TPSA) is 19.4 Å². The van der Waals surface area contributed by atoms with Gasteiger partial charge in [0.05, 0.1) is 0 Å². The molecule has 0 aromatic rings. The molecule has 12 bridgehead atoms. The predicted octanol–water partition coefficient (Wildman–Crippen LogP) is 22.8. The summed E-state index contributed by atoms with van der Waals surface area (Å²) in [6, 6.07) is 5.02. The van der Waals surface area contributed by atoms with Gasteiger partial charge >= 0.3 is 0 Å². The Balaban J connectivity index is 0.000000160. The highest BCUT2D eigenvalue weighted by molar-refractivity contribution is 5.08. The molecular weight excluding hydrogens is 1140 g/mol. The Morgan fingerprint density at radius 2 is 0.340 bits per heavy atom. The minimum Gasteiger partial charge on any atom is -0.295 e. The molecule has 6 nitrogen and oxygen atoms in total. The van der Waals surface area contributed by atoms with Gasteiger partial charge < -0.3 is 0 Å². The molecule has 0 aromatic heterocycles. The second kappa shape index (κ2) is 28.4. The molecule has 94 heavy (non-hydrogen) atoms. The van der Waals surface area contributed by atoms with Gasteiger partial charge in [-0.15, -0.1) is 0 Å². The van der Waals surface area contributed by atoms with Gasteiger partial charge in [0.2, 0.25) is 0 Å². The van der Waals surface area contributed by atoms with Gasteiger partial charge in [0, 0.05) is 109 Å². The van der Waals surface area contributed by atoms with Crippen molar-refractivity contribution >= 4 is 0 Å². The summed E-state index contributed by atoms with van der Waals surface area (Å²) in [5.41, 5.74) is 5.29. The van der Waals surface area contributed by atoms with E-state index in [2.05, 4.69) is 279 Å². The van der Waals surface area contributed by atoms with Crippen molar-refractivity contribution < 1.29 is 0 Å². The monoisotopic (exact) mass is 1310 g/mol. The minimum absolute atomic E-state index is 0.341. The number of hydrogen-bond donors (Lipinski definition) is 0. The third-order valence-corrected chi connectivity index (χ3v) is 28.3. The third-order valence-electron chi connectivity index (χ3n) is 28.3. The Bertz CT molecular complexity index is 1920. The van der Waals surface area contributed by atoms with Crippen molar-refractivity contribution in [3.63, 3.8) is 0 Å². The number of likely N-dealkylation sites (tertiary alicyclic amines) is 2. The third kappa shape index (κ3) is 19.7. The van der Waals surface area contributed by atoms with Crippen molar-refractivity contribution in [1.82, 2.24) is 29.4 Å². The van der Waals surface area contributed by atoms with Crippen molar-refractivity contribution in [2.45, 2.75) is 421 Å². The van der Waals surface area contributed by atoms with Gasteiger partial charge in [-0.2, -0.15) is 0 Å². The van der Waals surface area contributed by atoms with Gasteiger partial charge in [0.25, 0.3) is 0 Å². The Hall–Kier alpha value is -0.240. The quantitative estimate of drug-likeness (QED) is 0.239. The molecule has 9 heterocycles. The summed E-state index contributed by atoms with van der Waals surface area (Å²) in [5, 5.41) is 0. The van der Waals surface area contributed by atoms with Crippen LogP contribution >= 0.6 is 0 Å². The number of piperazine rings is 1. The second-order valence-corrected chi connectivity index (χ2v) is 47.5. The SMILES string of the molecule is CC(C)(C)C1CC2CC1CN2C(C)(C)C.CC(C)(C)C1CC2CC1CN2C(C)(C)C.CC(C)(C)C1CC2CCC1CC2C(C)(C)C.CC(C)(C)C1CC2CCC1CN2C(C)(C)C.CC(C)(C)C1CC2CCC1CN2C(C)(C)C.CC(C)(C)N1CC2CCC1CN2C(C)(C)C. The number of piperidine rings is 8. The molecule has 18 unspecified atom stereocenters. The smallest absolute Gasteiger partial charge is 0.0229 e. The molecule has 552 valence electrons. The molecule has 0 radical (unpaired) electrons. The van der Waals surface area contributed by atoms with E-state index in [-0.39, 0.29) is 0 Å². The molecule has 18 atom stereocenters. The highest BCUT2D eigenvalue weighted by atomic mass is 15.4. The summed E-state index contributed by atoms with van der Waals surface area (Å²) in [7, 11) is 0. The maximum atomic E-state index is 2.77. The van der Waals surface area contributed by atoms with Gasteiger partial charge in [-0.05, 0) is 331 Å². The average Bonchev–Trinajstić information content (AvgIpc) is 1.60. The van der Waals surface area contributed by atoms with E-state index in [1.165, 1.54) is 142 Å². The van der Waals surface area contributed by atoms with Gasteiger partial charge in [0.1, 0.15) is 0 Å². The van der Waals surface area contributed by atoms with Crippen molar-refractivity contribution in [3.05, 3.63) is 0 Å². The average molecular weight is 1310 g/mol. The largest absolute Gasteiger partial charge is 0.295 e. The normalized spacial score (nSPS) is 37.0. The number of rotatable bonds is 0. The summed E-state index contributed by atoms with van der Waals surface area (Å²) >= 11 is 0. The Morgan fingerprint density at radius 1 is 0.160 bits per heavy atom. The molecule has 16 rings (SSSR count). The summed E-state index contributed by atoms with van der Waals surface area (Å²) in [6.45, 7) is 94.2. The van der Waals surface area contributed by atoms with E-state index in [9.17, 15) is 0 Å². The predicted molar refractivity (Wildman–Crippen MR) is 414 cm³/mol. The van der Waals surface area contributed by atoms with Crippen LogP contribution in [0.2, 0.25) is 0 Å². The van der Waals surface area contributed by atoms with E-state index in [1.54, 1.807) is 0 Å². The van der Waals surface area contributed by atoms with Crippen molar-refractivity contribution in [2.75, 3.05) is 39.3 Å². The number of nitrogens with zero attached hydrogens (tertiary/aromatic N) is 6.